The molecule has 0 saturated carbocycles. The van der Waals surface area contributed by atoms with E-state index in [1.54, 1.807) is 10.7 Å². The van der Waals surface area contributed by atoms with Crippen molar-refractivity contribution in [2.45, 2.75) is 18.8 Å². The van der Waals surface area contributed by atoms with E-state index in [9.17, 15) is 4.79 Å². The summed E-state index contributed by atoms with van der Waals surface area (Å²) in [6.07, 6.45) is 2.42. The minimum Gasteiger partial charge on any atom is -0.481 e. The number of hydrogen-bond acceptors (Lipinski definition) is 5. The number of fused-ring (bicyclic) bond motifs is 1. The van der Waals surface area contributed by atoms with Crippen LogP contribution in [0.5, 0.6) is 0 Å². The molecule has 1 unspecified atom stereocenters. The number of nitrogens with zero attached hydrogens (tertiary/aromatic N) is 4. The Morgan fingerprint density at radius 3 is 3.22 bits per heavy atom. The Balaban J connectivity index is 2.03. The van der Waals surface area contributed by atoms with Crippen LogP contribution in [0.4, 0.5) is 0 Å². The molecule has 7 heteroatoms. The summed E-state index contributed by atoms with van der Waals surface area (Å²) < 4.78 is 6.98. The third kappa shape index (κ3) is 1.92. The molecule has 3 rings (SSSR count). The highest BCUT2D eigenvalue weighted by atomic mass is 16.5. The first-order valence-electron chi connectivity index (χ1n) is 5.74. The molecule has 1 aliphatic heterocycles. The molecular formula is C11H12N4O3. The molecule has 0 radical (unpaired) electrons. The molecular weight excluding hydrogens is 236 g/mol. The maximum Gasteiger partial charge on any atom is 0.311 e. The van der Waals surface area contributed by atoms with E-state index >= 15 is 0 Å². The summed E-state index contributed by atoms with van der Waals surface area (Å²) in [7, 11) is 0. The van der Waals surface area contributed by atoms with Gasteiger partial charge in [0.2, 0.25) is 0 Å². The van der Waals surface area contributed by atoms with Gasteiger partial charge in [-0.05, 0) is 12.5 Å². The van der Waals surface area contributed by atoms with Gasteiger partial charge in [0.1, 0.15) is 6.42 Å². The predicted octanol–water partition coefficient (Wildman–Crippen LogP) is 0.255. The van der Waals surface area contributed by atoms with E-state index < -0.39 is 5.97 Å². The summed E-state index contributed by atoms with van der Waals surface area (Å²) in [5.41, 5.74) is 0.974. The van der Waals surface area contributed by atoms with Crippen LogP contribution in [0.15, 0.2) is 12.3 Å². The topological polar surface area (TPSA) is 89.6 Å². The van der Waals surface area contributed by atoms with Crippen LogP contribution in [0.3, 0.4) is 0 Å². The maximum atomic E-state index is 10.7. The van der Waals surface area contributed by atoms with Gasteiger partial charge in [-0.3, -0.25) is 4.79 Å². The molecule has 3 heterocycles. The third-order valence-corrected chi connectivity index (χ3v) is 2.97. The van der Waals surface area contributed by atoms with Crippen LogP contribution in [0.25, 0.3) is 5.78 Å². The minimum atomic E-state index is -0.948. The minimum absolute atomic E-state index is 0.191. The SMILES string of the molecule is O=C(O)Cc1nc2nccc(C3CCOC3)n2n1. The molecule has 7 nitrogen and oxygen atoms in total. The fourth-order valence-electron chi connectivity index (χ4n) is 2.14. The molecule has 0 bridgehead atoms. The zero-order valence-electron chi connectivity index (χ0n) is 9.61. The quantitative estimate of drug-likeness (QED) is 0.837. The first kappa shape index (κ1) is 11.1. The molecule has 0 spiro atoms. The van der Waals surface area contributed by atoms with Crippen LogP contribution in [0.1, 0.15) is 23.9 Å². The zero-order valence-corrected chi connectivity index (χ0v) is 9.61. The highest BCUT2D eigenvalue weighted by molar-refractivity contribution is 5.69. The molecule has 1 saturated heterocycles. The van der Waals surface area contributed by atoms with Crippen molar-refractivity contribution in [1.82, 2.24) is 19.6 Å². The second-order valence-corrected chi connectivity index (χ2v) is 4.24. The Morgan fingerprint density at radius 2 is 2.50 bits per heavy atom. The summed E-state index contributed by atoms with van der Waals surface area (Å²) in [5.74, 6) is 0.0450. The van der Waals surface area contributed by atoms with E-state index in [1.807, 2.05) is 6.07 Å². The van der Waals surface area contributed by atoms with Gasteiger partial charge in [-0.1, -0.05) is 0 Å². The van der Waals surface area contributed by atoms with Gasteiger partial charge in [-0.25, -0.2) is 9.50 Å². The number of aromatic nitrogens is 4. The Kier molecular flexibility index (Phi) is 2.67. The summed E-state index contributed by atoms with van der Waals surface area (Å²) in [4.78, 5) is 18.9. The number of carbonyl (C=O) groups is 1. The van der Waals surface area contributed by atoms with Gasteiger partial charge in [-0.15, -0.1) is 5.10 Å². The van der Waals surface area contributed by atoms with Crippen molar-refractivity contribution < 1.29 is 14.6 Å². The number of carboxylic acid groups (broad SMARTS) is 1. The largest absolute Gasteiger partial charge is 0.481 e. The number of rotatable bonds is 3. The molecule has 2 aromatic rings. The van der Waals surface area contributed by atoms with Gasteiger partial charge in [0.25, 0.3) is 5.78 Å². The summed E-state index contributed by atoms with van der Waals surface area (Å²) in [5, 5.41) is 12.9. The molecule has 94 valence electrons. The molecule has 1 atom stereocenters. The van der Waals surface area contributed by atoms with Crippen molar-refractivity contribution in [3.63, 3.8) is 0 Å². The average molecular weight is 248 g/mol. The lowest BCUT2D eigenvalue weighted by molar-refractivity contribution is -0.136. The van der Waals surface area contributed by atoms with E-state index in [-0.39, 0.29) is 18.2 Å². The van der Waals surface area contributed by atoms with Crippen molar-refractivity contribution in [3.8, 4) is 0 Å². The van der Waals surface area contributed by atoms with Gasteiger partial charge < -0.3 is 9.84 Å². The van der Waals surface area contributed by atoms with Gasteiger partial charge >= 0.3 is 5.97 Å². The predicted molar refractivity (Wildman–Crippen MR) is 60.3 cm³/mol. The van der Waals surface area contributed by atoms with Gasteiger partial charge in [0, 0.05) is 18.7 Å². The number of carboxylic acids is 1. The lowest BCUT2D eigenvalue weighted by Crippen LogP contribution is -2.07. The smallest absolute Gasteiger partial charge is 0.311 e. The molecule has 0 aliphatic carbocycles. The van der Waals surface area contributed by atoms with Gasteiger partial charge in [0.05, 0.1) is 12.3 Å². The van der Waals surface area contributed by atoms with E-state index in [2.05, 4.69) is 15.1 Å². The Bertz CT molecular complexity index is 589. The lowest BCUT2D eigenvalue weighted by Gasteiger charge is -2.08. The second kappa shape index (κ2) is 4.34. The van der Waals surface area contributed by atoms with Gasteiger partial charge in [0.15, 0.2) is 5.82 Å². The molecule has 1 fully saturated rings. The van der Waals surface area contributed by atoms with Crippen molar-refractivity contribution in [2.75, 3.05) is 13.2 Å². The van der Waals surface area contributed by atoms with Crippen LogP contribution < -0.4 is 0 Å². The van der Waals surface area contributed by atoms with Crippen molar-refractivity contribution in [1.29, 1.82) is 0 Å². The number of aliphatic carboxylic acids is 1. The van der Waals surface area contributed by atoms with E-state index in [0.29, 0.717) is 12.4 Å². The van der Waals surface area contributed by atoms with Crippen LogP contribution in [-0.4, -0.2) is 43.9 Å². The monoisotopic (exact) mass is 248 g/mol. The first-order valence-corrected chi connectivity index (χ1v) is 5.74. The van der Waals surface area contributed by atoms with Crippen LogP contribution in [-0.2, 0) is 16.0 Å². The average Bonchev–Trinajstić information content (AvgIpc) is 2.94. The Labute approximate surface area is 102 Å². The molecule has 1 N–H and O–H groups in total. The van der Waals surface area contributed by atoms with Crippen LogP contribution in [0.2, 0.25) is 0 Å². The van der Waals surface area contributed by atoms with Crippen LogP contribution >= 0.6 is 0 Å². The highest BCUT2D eigenvalue weighted by Gasteiger charge is 2.22. The van der Waals surface area contributed by atoms with Crippen molar-refractivity contribution in [3.05, 3.63) is 23.8 Å². The highest BCUT2D eigenvalue weighted by Crippen LogP contribution is 2.24. The standard InChI is InChI=1S/C11H12N4O3/c16-10(17)5-9-13-11-12-3-1-8(15(11)14-9)7-2-4-18-6-7/h1,3,7H,2,4-6H2,(H,16,17). The Hall–Kier alpha value is -2.02. The normalized spacial score (nSPS) is 19.4. The third-order valence-electron chi connectivity index (χ3n) is 2.97. The summed E-state index contributed by atoms with van der Waals surface area (Å²) in [6, 6.07) is 1.88. The van der Waals surface area contributed by atoms with E-state index in [4.69, 9.17) is 9.84 Å². The van der Waals surface area contributed by atoms with Crippen molar-refractivity contribution >= 4 is 11.7 Å². The summed E-state index contributed by atoms with van der Waals surface area (Å²) in [6.45, 7) is 1.40. The Morgan fingerprint density at radius 1 is 1.61 bits per heavy atom. The lowest BCUT2D eigenvalue weighted by atomic mass is 10.1. The first-order chi connectivity index (χ1) is 8.74. The number of hydrogen-bond donors (Lipinski definition) is 1. The van der Waals surface area contributed by atoms with E-state index in [1.165, 1.54) is 0 Å². The maximum absolute atomic E-state index is 10.7. The van der Waals surface area contributed by atoms with Crippen LogP contribution in [0, 0.1) is 0 Å². The fourth-order valence-corrected chi connectivity index (χ4v) is 2.14. The second-order valence-electron chi connectivity index (χ2n) is 4.24. The molecule has 0 amide bonds. The molecule has 18 heavy (non-hydrogen) atoms. The van der Waals surface area contributed by atoms with Crippen molar-refractivity contribution in [2.24, 2.45) is 0 Å². The molecule has 2 aromatic heterocycles. The molecule has 0 aromatic carbocycles. The summed E-state index contributed by atoms with van der Waals surface area (Å²) >= 11 is 0. The zero-order chi connectivity index (χ0) is 12.5. The van der Waals surface area contributed by atoms with E-state index in [0.717, 1.165) is 18.7 Å². The fraction of sp³-hybridized carbons (Fsp3) is 0.455. The molecule has 1 aliphatic rings. The van der Waals surface area contributed by atoms with Gasteiger partial charge in [-0.2, -0.15) is 4.98 Å². The number of ether oxygens (including phenoxy) is 1.